The van der Waals surface area contributed by atoms with Crippen molar-refractivity contribution in [3.05, 3.63) is 12.3 Å². The van der Waals surface area contributed by atoms with Gasteiger partial charge in [-0.1, -0.05) is 0 Å². The second-order valence-electron chi connectivity index (χ2n) is 3.77. The van der Waals surface area contributed by atoms with Crippen molar-refractivity contribution in [3.8, 4) is 0 Å². The van der Waals surface area contributed by atoms with E-state index in [2.05, 4.69) is 4.99 Å². The molecule has 4 atom stereocenters. The van der Waals surface area contributed by atoms with Gasteiger partial charge in [-0.25, -0.2) is 0 Å². The first-order valence-corrected chi connectivity index (χ1v) is 5.01. The number of hydrogen-bond donors (Lipinski definition) is 4. The first kappa shape index (κ1) is 12.1. The van der Waals surface area contributed by atoms with Crippen LogP contribution in [0.5, 0.6) is 0 Å². The zero-order valence-electron chi connectivity index (χ0n) is 8.80. The number of hydrogen-bond acceptors (Lipinski definition) is 6. The second-order valence-corrected chi connectivity index (χ2v) is 3.77. The summed E-state index contributed by atoms with van der Waals surface area (Å²) in [6.07, 6.45) is -1.90. The molecule has 1 radical (unpaired) electrons. The second kappa shape index (κ2) is 4.51. The lowest BCUT2D eigenvalue weighted by molar-refractivity contribution is -0.0420. The van der Waals surface area contributed by atoms with Crippen molar-refractivity contribution < 1.29 is 24.9 Å². The predicted octanol–water partition coefficient (Wildman–Crippen LogP) is -2.43. The first-order chi connectivity index (χ1) is 8.04. The van der Waals surface area contributed by atoms with E-state index >= 15 is 0 Å². The van der Waals surface area contributed by atoms with Crippen molar-refractivity contribution in [1.29, 1.82) is 0 Å². The Bertz CT molecular complexity index is 383. The van der Waals surface area contributed by atoms with Crippen molar-refractivity contribution in [1.82, 2.24) is 4.90 Å². The van der Waals surface area contributed by atoms with Gasteiger partial charge in [0.1, 0.15) is 18.0 Å². The molecule has 0 aliphatic carbocycles. The maximum atomic E-state index is 11.5. The van der Waals surface area contributed by atoms with E-state index in [0.717, 1.165) is 4.90 Å². The molecule has 2 amide bonds. The molecule has 1 saturated heterocycles. The molecule has 2 aliphatic rings. The Morgan fingerprint density at radius 1 is 1.47 bits per heavy atom. The molecule has 0 unspecified atom stereocenters. The topological polar surface area (TPSA) is 131 Å². The molecule has 2 heterocycles. The third-order valence-electron chi connectivity index (χ3n) is 2.64. The Morgan fingerprint density at radius 3 is 2.71 bits per heavy atom. The molecule has 0 aromatic rings. The fraction of sp³-hybridized carbons (Fsp3) is 0.556. The van der Waals surface area contributed by atoms with E-state index in [1.165, 1.54) is 12.3 Å². The molecule has 0 saturated carbocycles. The number of nitrogens with two attached hydrogens (primary N) is 1. The van der Waals surface area contributed by atoms with Gasteiger partial charge in [0.25, 0.3) is 6.23 Å². The highest BCUT2D eigenvalue weighted by atomic mass is 16.6. The summed E-state index contributed by atoms with van der Waals surface area (Å²) in [5.74, 6) is 0.0537. The molecule has 0 bridgehead atoms. The highest BCUT2D eigenvalue weighted by molar-refractivity contribution is 6.03. The Hall–Kier alpha value is -1.32. The summed E-state index contributed by atoms with van der Waals surface area (Å²) in [6, 6.07) is -0.695. The minimum atomic E-state index is -1.31. The van der Waals surface area contributed by atoms with Crippen molar-refractivity contribution in [2.45, 2.75) is 24.5 Å². The van der Waals surface area contributed by atoms with Gasteiger partial charge < -0.3 is 25.8 Å². The van der Waals surface area contributed by atoms with Crippen LogP contribution in [0.2, 0.25) is 0 Å². The maximum Gasteiger partial charge on any atom is 0.500 e. The average molecular weight is 243 g/mol. The minimum absolute atomic E-state index is 0.0537. The van der Waals surface area contributed by atoms with E-state index in [9.17, 15) is 15.0 Å². The zero-order chi connectivity index (χ0) is 12.6. The van der Waals surface area contributed by atoms with E-state index in [4.69, 9.17) is 15.6 Å². The predicted molar refractivity (Wildman–Crippen MR) is 56.1 cm³/mol. The number of aliphatic hydroxyl groups excluding tert-OH is 3. The number of aliphatic imine (C=N–C) groups is 1. The number of nitrogens with zero attached hydrogens (tertiary/aromatic N) is 2. The van der Waals surface area contributed by atoms with Crippen LogP contribution >= 0.6 is 0 Å². The van der Waals surface area contributed by atoms with Gasteiger partial charge in [0.15, 0.2) is 12.3 Å². The van der Waals surface area contributed by atoms with Crippen LogP contribution in [-0.4, -0.2) is 58.3 Å². The van der Waals surface area contributed by atoms with E-state index in [1.54, 1.807) is 0 Å². The fourth-order valence-electron chi connectivity index (χ4n) is 1.73. The molecule has 0 spiro atoms. The Labute approximate surface area is 96.6 Å². The van der Waals surface area contributed by atoms with Gasteiger partial charge in [-0.05, 0) is 4.90 Å². The van der Waals surface area contributed by atoms with Crippen LogP contribution in [0.25, 0.3) is 0 Å². The number of amidine groups is 1. The highest BCUT2D eigenvalue weighted by Crippen LogP contribution is 2.24. The Kier molecular flexibility index (Phi) is 3.22. The van der Waals surface area contributed by atoms with Crippen molar-refractivity contribution in [3.63, 3.8) is 0 Å². The summed E-state index contributed by atoms with van der Waals surface area (Å²) >= 11 is 0. The lowest BCUT2D eigenvalue weighted by Gasteiger charge is -2.14. The third kappa shape index (κ3) is 2.08. The number of rotatable bonds is 2. The molecule has 93 valence electrons. The summed E-state index contributed by atoms with van der Waals surface area (Å²) in [5, 5.41) is 28.2. The van der Waals surface area contributed by atoms with Crippen LogP contribution in [0.3, 0.4) is 0 Å². The molecule has 2 rings (SSSR count). The van der Waals surface area contributed by atoms with Gasteiger partial charge in [-0.3, -0.25) is 0 Å². The largest absolute Gasteiger partial charge is 0.500 e. The van der Waals surface area contributed by atoms with Crippen molar-refractivity contribution in [2.75, 3.05) is 6.61 Å². The van der Waals surface area contributed by atoms with Crippen LogP contribution in [-0.2, 0) is 4.74 Å². The van der Waals surface area contributed by atoms with Crippen LogP contribution in [0.1, 0.15) is 0 Å². The van der Waals surface area contributed by atoms with E-state index < -0.39 is 37.2 Å². The Morgan fingerprint density at radius 2 is 2.18 bits per heavy atom. The van der Waals surface area contributed by atoms with Crippen molar-refractivity contribution >= 4 is 11.9 Å². The molecular formula is C9H13N3O5+. The molecule has 17 heavy (non-hydrogen) atoms. The number of aliphatic hydroxyl groups is 3. The number of carbonyl (C=O) groups is 1. The first-order valence-electron chi connectivity index (χ1n) is 5.01. The van der Waals surface area contributed by atoms with Gasteiger partial charge in [0, 0.05) is 6.08 Å². The lowest BCUT2D eigenvalue weighted by atomic mass is 10.1. The van der Waals surface area contributed by atoms with E-state index in [1.807, 2.05) is 0 Å². The fourth-order valence-corrected chi connectivity index (χ4v) is 1.73. The molecular weight excluding hydrogens is 230 g/mol. The van der Waals surface area contributed by atoms with Crippen LogP contribution in [0, 0.1) is 0 Å². The van der Waals surface area contributed by atoms with Gasteiger partial charge in [-0.15, -0.1) is 4.99 Å². The summed E-state index contributed by atoms with van der Waals surface area (Å²) in [4.78, 5) is 16.0. The Balaban J connectivity index is 2.15. The van der Waals surface area contributed by atoms with Crippen LogP contribution < -0.4 is 10.6 Å². The number of amides is 2. The summed E-state index contributed by atoms with van der Waals surface area (Å²) in [6.45, 7) is -0.453. The lowest BCUT2D eigenvalue weighted by Crippen LogP contribution is -2.49. The number of ether oxygens (including phenoxy) is 1. The summed E-state index contributed by atoms with van der Waals surface area (Å²) in [5.41, 5.74) is 5.32. The summed E-state index contributed by atoms with van der Waals surface area (Å²) in [7, 11) is 0. The van der Waals surface area contributed by atoms with Crippen molar-refractivity contribution in [2.24, 2.45) is 10.7 Å². The monoisotopic (exact) mass is 243 g/mol. The standard InChI is InChI=1S/C9H13N3O5/c10-5-1-2-12(9(16)11-5)8-7(15)6(14)4(3-13)17-8/h1-2,4,6-8,13-15H,3H2,(H2,10,11,16)/q+1/t4-,6-,7-,8-/m1/s1. The van der Waals surface area contributed by atoms with Gasteiger partial charge in [0.2, 0.25) is 0 Å². The van der Waals surface area contributed by atoms with Gasteiger partial charge in [0.05, 0.1) is 6.61 Å². The molecule has 5 N–H and O–H groups in total. The quantitative estimate of drug-likeness (QED) is 0.399. The average Bonchev–Trinajstić information content (AvgIpc) is 2.57. The maximum absolute atomic E-state index is 11.5. The summed E-state index contributed by atoms with van der Waals surface area (Å²) < 4.78 is 5.17. The SMILES string of the molecule is NC1=NC(=O)[N+]([C@@H]2O[C@H](CO)[C@@H](O)[C@H]2O)C=C1. The number of carbonyl (C=O) groups excluding carboxylic acids is 1. The van der Waals surface area contributed by atoms with Crippen LogP contribution in [0.15, 0.2) is 17.3 Å². The molecule has 0 aromatic carbocycles. The number of urea groups is 1. The normalized spacial score (nSPS) is 38.5. The minimum Gasteiger partial charge on any atom is -0.394 e. The molecule has 8 heteroatoms. The molecule has 1 fully saturated rings. The third-order valence-corrected chi connectivity index (χ3v) is 2.64. The molecule has 8 nitrogen and oxygen atoms in total. The van der Waals surface area contributed by atoms with E-state index in [-0.39, 0.29) is 5.84 Å². The smallest absolute Gasteiger partial charge is 0.394 e. The van der Waals surface area contributed by atoms with Crippen LogP contribution in [0.4, 0.5) is 4.79 Å². The van der Waals surface area contributed by atoms with Gasteiger partial charge in [-0.2, -0.15) is 4.79 Å². The molecule has 2 aliphatic heterocycles. The van der Waals surface area contributed by atoms with E-state index in [0.29, 0.717) is 0 Å². The zero-order valence-corrected chi connectivity index (χ0v) is 8.80. The molecule has 0 aromatic heterocycles. The highest BCUT2D eigenvalue weighted by Gasteiger charge is 2.53. The van der Waals surface area contributed by atoms with Gasteiger partial charge >= 0.3 is 6.03 Å².